The van der Waals surface area contributed by atoms with Gasteiger partial charge in [0.1, 0.15) is 10.4 Å². The van der Waals surface area contributed by atoms with Gasteiger partial charge in [0.25, 0.3) is 5.91 Å². The van der Waals surface area contributed by atoms with Crippen LogP contribution in [-0.2, 0) is 14.4 Å². The van der Waals surface area contributed by atoms with Crippen LogP contribution < -0.4 is 5.11 Å². The van der Waals surface area contributed by atoms with Crippen molar-refractivity contribution in [2.75, 3.05) is 6.54 Å². The maximum absolute atomic E-state index is 12.9. The smallest absolute Gasteiger partial charge is 0.266 e. The number of thioether (sulfide) groups is 1. The van der Waals surface area contributed by atoms with Gasteiger partial charge in [0.05, 0.1) is 16.9 Å². The summed E-state index contributed by atoms with van der Waals surface area (Å²) in [6.45, 7) is 1.93. The topological polar surface area (TPSA) is 80.8 Å². The van der Waals surface area contributed by atoms with Crippen LogP contribution in [0.4, 0.5) is 0 Å². The number of thiocarbonyl (C=S) groups is 1. The molecule has 0 radical (unpaired) electrons. The number of carbonyl (C=O) groups excluding carboxylic acids is 3. The Labute approximate surface area is 167 Å². The highest BCUT2D eigenvalue weighted by Crippen LogP contribution is 2.34. The number of nitrogens with zero attached hydrogens (tertiary/aromatic N) is 2. The maximum Gasteiger partial charge on any atom is 0.266 e. The minimum absolute atomic E-state index is 0.296. The van der Waals surface area contributed by atoms with E-state index in [0.717, 1.165) is 30.2 Å². The van der Waals surface area contributed by atoms with Crippen LogP contribution in [0.2, 0.25) is 0 Å². The molecule has 2 aliphatic heterocycles. The Balaban J connectivity index is 1.79. The number of likely N-dealkylation sites (tertiary alicyclic amines) is 1. The molecule has 1 aromatic carbocycles. The second-order valence-electron chi connectivity index (χ2n) is 6.50. The maximum atomic E-state index is 12.9. The number of amides is 2. The Hall–Kier alpha value is -2.19. The Kier molecular flexibility index (Phi) is 5.96. The van der Waals surface area contributed by atoms with E-state index in [1.54, 1.807) is 13.0 Å². The molecule has 8 heteroatoms. The zero-order valence-corrected chi connectivity index (χ0v) is 16.4. The van der Waals surface area contributed by atoms with Crippen LogP contribution in [0, 0.1) is 0 Å². The molecule has 0 saturated carbocycles. The van der Waals surface area contributed by atoms with Gasteiger partial charge in [0, 0.05) is 6.54 Å². The second-order valence-corrected chi connectivity index (χ2v) is 8.18. The Bertz CT molecular complexity index is 809. The molecule has 6 nitrogen and oxygen atoms in total. The molecule has 1 aromatic rings. The largest absolute Gasteiger partial charge is 0.548 e. The summed E-state index contributed by atoms with van der Waals surface area (Å²) in [6, 6.07) is 7.56. The molecule has 0 N–H and O–H groups in total. The summed E-state index contributed by atoms with van der Waals surface area (Å²) in [5.74, 6) is -2.01. The van der Waals surface area contributed by atoms with Crippen molar-refractivity contribution in [3.63, 3.8) is 0 Å². The monoisotopic (exact) mass is 403 g/mol. The van der Waals surface area contributed by atoms with E-state index in [2.05, 4.69) is 0 Å². The van der Waals surface area contributed by atoms with Gasteiger partial charge in [-0.25, -0.2) is 0 Å². The molecule has 2 fully saturated rings. The molecule has 0 unspecified atom stereocenters. The molecule has 0 aliphatic carbocycles. The van der Waals surface area contributed by atoms with Crippen molar-refractivity contribution in [1.29, 1.82) is 0 Å². The first-order chi connectivity index (χ1) is 12.9. The molecule has 142 valence electrons. The van der Waals surface area contributed by atoms with Crippen LogP contribution in [-0.4, -0.2) is 50.5 Å². The van der Waals surface area contributed by atoms with Crippen LogP contribution in [0.1, 0.15) is 31.7 Å². The van der Waals surface area contributed by atoms with Crippen LogP contribution in [0.5, 0.6) is 0 Å². The van der Waals surface area contributed by atoms with E-state index < -0.39 is 24.0 Å². The van der Waals surface area contributed by atoms with Crippen LogP contribution >= 0.6 is 24.0 Å². The molecule has 27 heavy (non-hydrogen) atoms. The van der Waals surface area contributed by atoms with E-state index in [1.807, 2.05) is 30.3 Å². The van der Waals surface area contributed by atoms with Gasteiger partial charge in [-0.2, -0.15) is 0 Å². The molecule has 2 heterocycles. The van der Waals surface area contributed by atoms with Crippen molar-refractivity contribution in [2.45, 2.75) is 38.3 Å². The van der Waals surface area contributed by atoms with E-state index in [4.69, 9.17) is 12.2 Å². The number of carboxylic acid groups (broad SMARTS) is 1. The molecule has 2 saturated heterocycles. The average Bonchev–Trinajstić information content (AvgIpc) is 2.94. The van der Waals surface area contributed by atoms with E-state index >= 15 is 0 Å². The SMILES string of the molecule is C[C@H](C(=O)N1CCCC[C@@H]1C(=O)[O-])N1C(=O)/C(=C/c2ccccc2)SC1=S. The minimum atomic E-state index is -1.26. The van der Waals surface area contributed by atoms with Crippen molar-refractivity contribution < 1.29 is 19.5 Å². The molecular formula is C19H19N2O4S2-. The molecule has 0 spiro atoms. The number of carbonyl (C=O) groups is 3. The van der Waals surface area contributed by atoms with Crippen molar-refractivity contribution in [3.8, 4) is 0 Å². The third-order valence-electron chi connectivity index (χ3n) is 4.72. The highest BCUT2D eigenvalue weighted by molar-refractivity contribution is 8.26. The summed E-state index contributed by atoms with van der Waals surface area (Å²) in [5.41, 5.74) is 0.866. The average molecular weight is 404 g/mol. The number of rotatable bonds is 4. The number of aliphatic carboxylic acids is 1. The van der Waals surface area contributed by atoms with Gasteiger partial charge in [-0.15, -0.1) is 0 Å². The Morgan fingerprint density at radius 1 is 1.30 bits per heavy atom. The molecule has 2 amide bonds. The standard InChI is InChI=1S/C19H20N2O4S2/c1-12(16(22)20-10-6-5-9-14(20)18(24)25)21-17(23)15(27-19(21)26)11-13-7-3-2-4-8-13/h2-4,7-8,11-12,14H,5-6,9-10H2,1H3,(H,24,25)/p-1/b15-11-/t12-,14-/m1/s1. The summed E-state index contributed by atoms with van der Waals surface area (Å²) in [6.07, 6.45) is 3.57. The van der Waals surface area contributed by atoms with Gasteiger partial charge >= 0.3 is 0 Å². The lowest BCUT2D eigenvalue weighted by Crippen LogP contribution is -2.57. The zero-order valence-electron chi connectivity index (χ0n) is 14.8. The molecular weight excluding hydrogens is 384 g/mol. The second kappa shape index (κ2) is 8.22. The number of benzene rings is 1. The van der Waals surface area contributed by atoms with Crippen LogP contribution in [0.3, 0.4) is 0 Å². The normalized spacial score (nSPS) is 23.0. The van der Waals surface area contributed by atoms with Gasteiger partial charge in [-0.1, -0.05) is 54.3 Å². The lowest BCUT2D eigenvalue weighted by molar-refractivity contribution is -0.312. The van der Waals surface area contributed by atoms with Gasteiger partial charge in [0.15, 0.2) is 0 Å². The molecule has 3 rings (SSSR count). The molecule has 0 bridgehead atoms. The Morgan fingerprint density at radius 2 is 2.00 bits per heavy atom. The van der Waals surface area contributed by atoms with Crippen LogP contribution in [0.25, 0.3) is 6.08 Å². The van der Waals surface area contributed by atoms with E-state index in [1.165, 1.54) is 9.80 Å². The van der Waals surface area contributed by atoms with Gasteiger partial charge in [0.2, 0.25) is 5.91 Å². The highest BCUT2D eigenvalue weighted by atomic mass is 32.2. The fourth-order valence-electron chi connectivity index (χ4n) is 3.31. The predicted octanol–water partition coefficient (Wildman–Crippen LogP) is 1.41. The van der Waals surface area contributed by atoms with Gasteiger partial charge in [-0.05, 0) is 37.8 Å². The minimum Gasteiger partial charge on any atom is -0.548 e. The lowest BCUT2D eigenvalue weighted by Gasteiger charge is -2.39. The van der Waals surface area contributed by atoms with Crippen molar-refractivity contribution in [1.82, 2.24) is 9.80 Å². The number of carboxylic acids is 1. The number of hydrogen-bond acceptors (Lipinski definition) is 6. The van der Waals surface area contributed by atoms with E-state index in [0.29, 0.717) is 22.2 Å². The van der Waals surface area contributed by atoms with Gasteiger partial charge in [-0.3, -0.25) is 14.5 Å². The summed E-state index contributed by atoms with van der Waals surface area (Å²) < 4.78 is 0.296. The van der Waals surface area contributed by atoms with E-state index in [-0.39, 0.29) is 5.91 Å². The summed E-state index contributed by atoms with van der Waals surface area (Å²) in [4.78, 5) is 40.1. The quantitative estimate of drug-likeness (QED) is 0.559. The molecule has 2 atom stereocenters. The first kappa shape index (κ1) is 19.6. The number of hydrogen-bond donors (Lipinski definition) is 0. The van der Waals surface area contributed by atoms with Crippen molar-refractivity contribution in [2.24, 2.45) is 0 Å². The van der Waals surface area contributed by atoms with Gasteiger partial charge < -0.3 is 14.8 Å². The third-order valence-corrected chi connectivity index (χ3v) is 6.05. The van der Waals surface area contributed by atoms with E-state index in [9.17, 15) is 19.5 Å². The first-order valence-electron chi connectivity index (χ1n) is 8.73. The lowest BCUT2D eigenvalue weighted by atomic mass is 10.0. The summed E-state index contributed by atoms with van der Waals surface area (Å²) in [7, 11) is 0. The van der Waals surface area contributed by atoms with Crippen molar-refractivity contribution >= 4 is 52.2 Å². The third kappa shape index (κ3) is 4.06. The fourth-order valence-corrected chi connectivity index (χ4v) is 4.72. The summed E-state index contributed by atoms with van der Waals surface area (Å²) >= 11 is 6.46. The number of piperidine rings is 1. The molecule has 0 aromatic heterocycles. The van der Waals surface area contributed by atoms with Crippen molar-refractivity contribution in [3.05, 3.63) is 40.8 Å². The zero-order chi connectivity index (χ0) is 19.6. The van der Waals surface area contributed by atoms with Crippen LogP contribution in [0.15, 0.2) is 35.2 Å². The summed E-state index contributed by atoms with van der Waals surface area (Å²) in [5, 5.41) is 11.4. The predicted molar refractivity (Wildman–Crippen MR) is 105 cm³/mol. The first-order valence-corrected chi connectivity index (χ1v) is 9.96. The molecule has 2 aliphatic rings. The Morgan fingerprint density at radius 3 is 2.67 bits per heavy atom. The fraction of sp³-hybridized carbons (Fsp3) is 0.368. The highest BCUT2D eigenvalue weighted by Gasteiger charge is 2.41.